The molecular weight excluding hydrogens is 306 g/mol. The average molecular weight is 333 g/mol. The van der Waals surface area contributed by atoms with E-state index < -0.39 is 0 Å². The lowest BCUT2D eigenvalue weighted by Gasteiger charge is -2.30. The summed E-state index contributed by atoms with van der Waals surface area (Å²) in [5.41, 5.74) is 3.70. The summed E-state index contributed by atoms with van der Waals surface area (Å²) in [5, 5.41) is 0. The molecule has 1 saturated heterocycles. The molecule has 0 spiro atoms. The SMILES string of the molecule is CC(=O)OC[C@H]1CC[C@H](COC(C)=O)N1Cc1cc(C)cc(C)c1. The van der Waals surface area contributed by atoms with E-state index >= 15 is 0 Å². The van der Waals surface area contributed by atoms with Gasteiger partial charge in [-0.1, -0.05) is 29.3 Å². The third kappa shape index (κ3) is 5.34. The molecule has 1 aromatic carbocycles. The molecule has 1 aromatic rings. The Morgan fingerprint density at radius 1 is 0.958 bits per heavy atom. The Labute approximate surface area is 143 Å². The Morgan fingerprint density at radius 2 is 1.42 bits per heavy atom. The topological polar surface area (TPSA) is 55.8 Å². The minimum Gasteiger partial charge on any atom is -0.464 e. The maximum Gasteiger partial charge on any atom is 0.302 e. The van der Waals surface area contributed by atoms with Crippen LogP contribution in [0.4, 0.5) is 0 Å². The number of benzene rings is 1. The van der Waals surface area contributed by atoms with E-state index in [-0.39, 0.29) is 24.0 Å². The van der Waals surface area contributed by atoms with Crippen LogP contribution in [0.3, 0.4) is 0 Å². The quantitative estimate of drug-likeness (QED) is 0.749. The van der Waals surface area contributed by atoms with Gasteiger partial charge in [0.05, 0.1) is 0 Å². The number of esters is 2. The molecule has 2 atom stereocenters. The summed E-state index contributed by atoms with van der Waals surface area (Å²) in [7, 11) is 0. The van der Waals surface area contributed by atoms with E-state index in [9.17, 15) is 9.59 Å². The first-order chi connectivity index (χ1) is 11.3. The van der Waals surface area contributed by atoms with Crippen molar-refractivity contribution in [2.24, 2.45) is 0 Å². The fourth-order valence-corrected chi connectivity index (χ4v) is 3.43. The lowest BCUT2D eigenvalue weighted by Crippen LogP contribution is -2.40. The van der Waals surface area contributed by atoms with E-state index in [1.54, 1.807) is 0 Å². The van der Waals surface area contributed by atoms with Gasteiger partial charge in [-0.05, 0) is 32.3 Å². The normalized spacial score (nSPS) is 20.8. The molecular formula is C19H27NO4. The number of likely N-dealkylation sites (tertiary alicyclic amines) is 1. The summed E-state index contributed by atoms with van der Waals surface area (Å²) in [6.07, 6.45) is 1.87. The van der Waals surface area contributed by atoms with Crippen molar-refractivity contribution in [2.75, 3.05) is 13.2 Å². The van der Waals surface area contributed by atoms with E-state index in [1.165, 1.54) is 30.5 Å². The number of nitrogens with zero attached hydrogens (tertiary/aromatic N) is 1. The summed E-state index contributed by atoms with van der Waals surface area (Å²) in [4.78, 5) is 24.6. The van der Waals surface area contributed by atoms with Gasteiger partial charge in [0.2, 0.25) is 0 Å². The molecule has 0 radical (unpaired) electrons. The van der Waals surface area contributed by atoms with E-state index in [2.05, 4.69) is 36.9 Å². The Hall–Kier alpha value is -1.88. The molecule has 5 nitrogen and oxygen atoms in total. The highest BCUT2D eigenvalue weighted by atomic mass is 16.5. The second kappa shape index (κ2) is 8.29. The highest BCUT2D eigenvalue weighted by molar-refractivity contribution is 5.66. The van der Waals surface area contributed by atoms with Crippen LogP contribution in [-0.2, 0) is 25.6 Å². The standard InChI is InChI=1S/C19H27NO4/c1-13-7-14(2)9-17(8-13)10-20-18(11-23-15(3)21)5-6-19(20)12-24-16(4)22/h7-9,18-19H,5-6,10-12H2,1-4H3/t18-,19-/m1/s1. The van der Waals surface area contributed by atoms with Gasteiger partial charge < -0.3 is 9.47 Å². The minimum atomic E-state index is -0.259. The van der Waals surface area contributed by atoms with Gasteiger partial charge in [-0.25, -0.2) is 0 Å². The third-order valence-corrected chi connectivity index (χ3v) is 4.38. The van der Waals surface area contributed by atoms with Gasteiger partial charge in [-0.15, -0.1) is 0 Å². The first kappa shape index (κ1) is 18.5. The number of aryl methyl sites for hydroxylation is 2. The molecule has 5 heteroatoms. The summed E-state index contributed by atoms with van der Waals surface area (Å²) < 4.78 is 10.5. The van der Waals surface area contributed by atoms with Crippen molar-refractivity contribution in [3.8, 4) is 0 Å². The molecule has 0 unspecified atom stereocenters. The lowest BCUT2D eigenvalue weighted by molar-refractivity contribution is -0.143. The number of hydrogen-bond acceptors (Lipinski definition) is 5. The summed E-state index contributed by atoms with van der Waals surface area (Å²) in [5.74, 6) is -0.519. The van der Waals surface area contributed by atoms with E-state index in [0.717, 1.165) is 19.4 Å². The molecule has 0 N–H and O–H groups in total. The molecule has 0 aromatic heterocycles. The van der Waals surface area contributed by atoms with Crippen LogP contribution in [0.5, 0.6) is 0 Å². The third-order valence-electron chi connectivity index (χ3n) is 4.38. The van der Waals surface area contributed by atoms with Crippen LogP contribution in [0, 0.1) is 13.8 Å². The summed E-state index contributed by atoms with van der Waals surface area (Å²) >= 11 is 0. The molecule has 0 aliphatic carbocycles. The summed E-state index contributed by atoms with van der Waals surface area (Å²) in [6.45, 7) is 8.58. The first-order valence-electron chi connectivity index (χ1n) is 8.45. The number of carbonyl (C=O) groups is 2. The number of carbonyl (C=O) groups excluding carboxylic acids is 2. The van der Waals surface area contributed by atoms with E-state index in [4.69, 9.17) is 9.47 Å². The van der Waals surface area contributed by atoms with Crippen molar-refractivity contribution in [1.82, 2.24) is 4.90 Å². The highest BCUT2D eigenvalue weighted by Gasteiger charge is 2.34. The van der Waals surface area contributed by atoms with E-state index in [0.29, 0.717) is 13.2 Å². The Balaban J connectivity index is 2.11. The molecule has 1 aliphatic rings. The fraction of sp³-hybridized carbons (Fsp3) is 0.579. The van der Waals surface area contributed by atoms with Crippen LogP contribution in [0.15, 0.2) is 18.2 Å². The second-order valence-corrected chi connectivity index (χ2v) is 6.66. The van der Waals surface area contributed by atoms with Crippen molar-refractivity contribution in [3.63, 3.8) is 0 Å². The predicted octanol–water partition coefficient (Wildman–Crippen LogP) is 2.76. The van der Waals surface area contributed by atoms with Crippen LogP contribution in [0.1, 0.15) is 43.4 Å². The molecule has 1 aliphatic heterocycles. The largest absolute Gasteiger partial charge is 0.464 e. The molecule has 1 fully saturated rings. The van der Waals surface area contributed by atoms with Crippen LogP contribution in [0.2, 0.25) is 0 Å². The van der Waals surface area contributed by atoms with Gasteiger partial charge in [0.25, 0.3) is 0 Å². The van der Waals surface area contributed by atoms with Crippen molar-refractivity contribution in [3.05, 3.63) is 34.9 Å². The zero-order valence-corrected chi connectivity index (χ0v) is 15.0. The van der Waals surface area contributed by atoms with Crippen molar-refractivity contribution >= 4 is 11.9 Å². The monoisotopic (exact) mass is 333 g/mol. The van der Waals surface area contributed by atoms with Gasteiger partial charge in [0.1, 0.15) is 13.2 Å². The van der Waals surface area contributed by atoms with Crippen LogP contribution >= 0.6 is 0 Å². The zero-order chi connectivity index (χ0) is 17.7. The molecule has 0 bridgehead atoms. The fourth-order valence-electron chi connectivity index (χ4n) is 3.43. The predicted molar refractivity (Wildman–Crippen MR) is 91.5 cm³/mol. The van der Waals surface area contributed by atoms with Crippen molar-refractivity contribution < 1.29 is 19.1 Å². The zero-order valence-electron chi connectivity index (χ0n) is 15.0. The number of hydrogen-bond donors (Lipinski definition) is 0. The lowest BCUT2D eigenvalue weighted by atomic mass is 10.1. The van der Waals surface area contributed by atoms with Crippen LogP contribution in [-0.4, -0.2) is 42.1 Å². The Kier molecular flexibility index (Phi) is 6.37. The second-order valence-electron chi connectivity index (χ2n) is 6.66. The molecule has 132 valence electrons. The molecule has 24 heavy (non-hydrogen) atoms. The van der Waals surface area contributed by atoms with Crippen LogP contribution < -0.4 is 0 Å². The molecule has 0 saturated carbocycles. The molecule has 2 rings (SSSR count). The van der Waals surface area contributed by atoms with Gasteiger partial charge in [-0.2, -0.15) is 0 Å². The first-order valence-corrected chi connectivity index (χ1v) is 8.45. The summed E-state index contributed by atoms with van der Waals surface area (Å²) in [6, 6.07) is 6.83. The Morgan fingerprint density at radius 3 is 1.83 bits per heavy atom. The maximum absolute atomic E-state index is 11.1. The Bertz CT molecular complexity index is 553. The van der Waals surface area contributed by atoms with Crippen LogP contribution in [0.25, 0.3) is 0 Å². The van der Waals surface area contributed by atoms with Crippen molar-refractivity contribution in [2.45, 2.75) is 59.2 Å². The average Bonchev–Trinajstić information content (AvgIpc) is 2.84. The molecule has 0 amide bonds. The van der Waals surface area contributed by atoms with Gasteiger partial charge in [-0.3, -0.25) is 14.5 Å². The van der Waals surface area contributed by atoms with Gasteiger partial charge >= 0.3 is 11.9 Å². The van der Waals surface area contributed by atoms with E-state index in [1.807, 2.05) is 0 Å². The van der Waals surface area contributed by atoms with Gasteiger partial charge in [0, 0.05) is 32.5 Å². The molecule has 1 heterocycles. The number of rotatable bonds is 6. The highest BCUT2D eigenvalue weighted by Crippen LogP contribution is 2.27. The van der Waals surface area contributed by atoms with Gasteiger partial charge in [0.15, 0.2) is 0 Å². The van der Waals surface area contributed by atoms with Crippen molar-refractivity contribution in [1.29, 1.82) is 0 Å². The number of ether oxygens (including phenoxy) is 2. The smallest absolute Gasteiger partial charge is 0.302 e. The minimum absolute atomic E-state index is 0.162. The maximum atomic E-state index is 11.1.